The summed E-state index contributed by atoms with van der Waals surface area (Å²) in [4.78, 5) is 16.9. The van der Waals surface area contributed by atoms with E-state index in [-0.39, 0.29) is 12.1 Å². The average Bonchev–Trinajstić information content (AvgIpc) is 2.62. The number of carbonyl (C=O) groups excluding carboxylic acids is 1. The van der Waals surface area contributed by atoms with Crippen LogP contribution in [0.25, 0.3) is 0 Å². The molecule has 2 N–H and O–H groups in total. The van der Waals surface area contributed by atoms with Crippen LogP contribution >= 0.6 is 0 Å². The summed E-state index contributed by atoms with van der Waals surface area (Å²) >= 11 is 0. The van der Waals surface area contributed by atoms with Gasteiger partial charge in [0.15, 0.2) is 0 Å². The number of benzene rings is 1. The number of unbranched alkanes of at least 4 members (excludes halogenated alkanes) is 1. The summed E-state index contributed by atoms with van der Waals surface area (Å²) in [6.45, 7) is 9.24. The van der Waals surface area contributed by atoms with Crippen LogP contribution in [0.1, 0.15) is 45.1 Å². The number of hydrogen-bond donors (Lipinski definition) is 2. The SMILES string of the molecule is CC(C)N(C)CCCCNC(=O)NC1CCCN(Cc2ccccc2)C1. The summed E-state index contributed by atoms with van der Waals surface area (Å²) in [6, 6.07) is 11.4. The number of nitrogens with zero attached hydrogens (tertiary/aromatic N) is 2. The molecule has 2 amide bonds. The lowest BCUT2D eigenvalue weighted by Crippen LogP contribution is -2.50. The second-order valence-electron chi connectivity index (χ2n) is 7.74. The van der Waals surface area contributed by atoms with Crippen LogP contribution in [0.4, 0.5) is 4.79 Å². The quantitative estimate of drug-likeness (QED) is 0.666. The van der Waals surface area contributed by atoms with Gasteiger partial charge in [-0.3, -0.25) is 4.90 Å². The summed E-state index contributed by atoms with van der Waals surface area (Å²) < 4.78 is 0. The van der Waals surface area contributed by atoms with E-state index >= 15 is 0 Å². The smallest absolute Gasteiger partial charge is 0.315 e. The van der Waals surface area contributed by atoms with E-state index in [0.29, 0.717) is 6.04 Å². The molecule has 1 atom stereocenters. The van der Waals surface area contributed by atoms with Crippen molar-refractivity contribution in [1.82, 2.24) is 20.4 Å². The van der Waals surface area contributed by atoms with E-state index in [2.05, 4.69) is 71.7 Å². The highest BCUT2D eigenvalue weighted by molar-refractivity contribution is 5.74. The Hall–Kier alpha value is -1.59. The molecule has 1 aromatic carbocycles. The minimum absolute atomic E-state index is 0.0197. The number of rotatable bonds is 9. The van der Waals surface area contributed by atoms with Crippen LogP contribution in [0.3, 0.4) is 0 Å². The molecule has 0 saturated carbocycles. The molecule has 1 aliphatic rings. The van der Waals surface area contributed by atoms with Crippen molar-refractivity contribution in [1.29, 1.82) is 0 Å². The highest BCUT2D eigenvalue weighted by atomic mass is 16.2. The molecular formula is C21H36N4O. The molecule has 1 fully saturated rings. The van der Waals surface area contributed by atoms with Crippen LogP contribution in [-0.2, 0) is 6.54 Å². The number of amides is 2. The lowest BCUT2D eigenvalue weighted by atomic mass is 10.0. The largest absolute Gasteiger partial charge is 0.338 e. The van der Waals surface area contributed by atoms with E-state index in [1.54, 1.807) is 0 Å². The van der Waals surface area contributed by atoms with Gasteiger partial charge in [-0.1, -0.05) is 30.3 Å². The fourth-order valence-electron chi connectivity index (χ4n) is 3.34. The van der Waals surface area contributed by atoms with E-state index in [1.807, 2.05) is 0 Å². The fraction of sp³-hybridized carbons (Fsp3) is 0.667. The van der Waals surface area contributed by atoms with Gasteiger partial charge in [-0.05, 0) is 65.2 Å². The van der Waals surface area contributed by atoms with E-state index in [0.717, 1.165) is 58.4 Å². The third-order valence-corrected chi connectivity index (χ3v) is 5.19. The predicted molar refractivity (Wildman–Crippen MR) is 108 cm³/mol. The summed E-state index contributed by atoms with van der Waals surface area (Å²) in [5, 5.41) is 6.16. The molecule has 1 heterocycles. The van der Waals surface area contributed by atoms with Crippen LogP contribution in [0.2, 0.25) is 0 Å². The second kappa shape index (κ2) is 11.2. The molecular weight excluding hydrogens is 324 g/mol. The Balaban J connectivity index is 1.61. The van der Waals surface area contributed by atoms with Crippen LogP contribution in [0.15, 0.2) is 30.3 Å². The van der Waals surface area contributed by atoms with Gasteiger partial charge in [-0.2, -0.15) is 0 Å². The topological polar surface area (TPSA) is 47.6 Å². The molecule has 1 saturated heterocycles. The number of nitrogens with one attached hydrogen (secondary N) is 2. The summed E-state index contributed by atoms with van der Waals surface area (Å²) in [5.41, 5.74) is 1.34. The van der Waals surface area contributed by atoms with E-state index in [9.17, 15) is 4.79 Å². The molecule has 146 valence electrons. The number of hydrogen-bond acceptors (Lipinski definition) is 3. The number of carbonyl (C=O) groups is 1. The number of piperidine rings is 1. The molecule has 0 radical (unpaired) electrons. The molecule has 2 rings (SSSR count). The van der Waals surface area contributed by atoms with Crippen LogP contribution in [-0.4, -0.2) is 61.1 Å². The van der Waals surface area contributed by atoms with Crippen molar-refractivity contribution in [3.63, 3.8) is 0 Å². The predicted octanol–water partition coefficient (Wildman–Crippen LogP) is 3.07. The normalized spacial score (nSPS) is 18.3. The molecule has 5 heteroatoms. The van der Waals surface area contributed by atoms with Crippen LogP contribution in [0.5, 0.6) is 0 Å². The van der Waals surface area contributed by atoms with Gasteiger partial charge >= 0.3 is 6.03 Å². The number of likely N-dealkylation sites (tertiary alicyclic amines) is 1. The molecule has 26 heavy (non-hydrogen) atoms. The van der Waals surface area contributed by atoms with Gasteiger partial charge < -0.3 is 15.5 Å². The highest BCUT2D eigenvalue weighted by Gasteiger charge is 2.21. The van der Waals surface area contributed by atoms with Gasteiger partial charge in [-0.15, -0.1) is 0 Å². The maximum absolute atomic E-state index is 12.1. The molecule has 1 aromatic rings. The van der Waals surface area contributed by atoms with Crippen molar-refractivity contribution in [3.05, 3.63) is 35.9 Å². The standard InChI is InChI=1S/C21H36N4O/c1-18(2)24(3)14-8-7-13-22-21(26)23-20-12-9-15-25(17-20)16-19-10-5-4-6-11-19/h4-6,10-11,18,20H,7-9,12-17H2,1-3H3,(H2,22,23,26). The molecule has 0 bridgehead atoms. The Morgan fingerprint density at radius 3 is 2.77 bits per heavy atom. The van der Waals surface area contributed by atoms with Crippen molar-refractivity contribution in [3.8, 4) is 0 Å². The fourth-order valence-corrected chi connectivity index (χ4v) is 3.34. The van der Waals surface area contributed by atoms with Crippen LogP contribution in [0, 0.1) is 0 Å². The van der Waals surface area contributed by atoms with Gasteiger partial charge in [-0.25, -0.2) is 4.79 Å². The first kappa shape index (κ1) is 20.7. The Labute approximate surface area is 159 Å². The Morgan fingerprint density at radius 1 is 1.27 bits per heavy atom. The first-order chi connectivity index (χ1) is 12.5. The zero-order valence-electron chi connectivity index (χ0n) is 16.7. The molecule has 1 unspecified atom stereocenters. The monoisotopic (exact) mass is 360 g/mol. The van der Waals surface area contributed by atoms with Gasteiger partial charge in [0.2, 0.25) is 0 Å². The number of urea groups is 1. The van der Waals surface area contributed by atoms with E-state index in [4.69, 9.17) is 0 Å². The lowest BCUT2D eigenvalue weighted by molar-refractivity contribution is 0.180. The van der Waals surface area contributed by atoms with Crippen molar-refractivity contribution in [2.24, 2.45) is 0 Å². The Kier molecular flexibility index (Phi) is 8.92. The molecule has 0 spiro atoms. The van der Waals surface area contributed by atoms with Gasteiger partial charge in [0.25, 0.3) is 0 Å². The van der Waals surface area contributed by atoms with Crippen molar-refractivity contribution in [2.75, 3.05) is 33.2 Å². The zero-order valence-corrected chi connectivity index (χ0v) is 16.7. The van der Waals surface area contributed by atoms with Crippen molar-refractivity contribution < 1.29 is 4.79 Å². The Bertz CT molecular complexity index is 520. The average molecular weight is 361 g/mol. The lowest BCUT2D eigenvalue weighted by Gasteiger charge is -2.33. The summed E-state index contributed by atoms with van der Waals surface area (Å²) in [6.07, 6.45) is 4.34. The molecule has 5 nitrogen and oxygen atoms in total. The minimum atomic E-state index is -0.0197. The maximum Gasteiger partial charge on any atom is 0.315 e. The van der Waals surface area contributed by atoms with E-state index < -0.39 is 0 Å². The molecule has 1 aliphatic heterocycles. The first-order valence-electron chi connectivity index (χ1n) is 10.1. The van der Waals surface area contributed by atoms with Crippen molar-refractivity contribution in [2.45, 2.75) is 58.2 Å². The zero-order chi connectivity index (χ0) is 18.8. The van der Waals surface area contributed by atoms with E-state index in [1.165, 1.54) is 5.56 Å². The summed E-state index contributed by atoms with van der Waals surface area (Å²) in [7, 11) is 2.15. The first-order valence-corrected chi connectivity index (χ1v) is 10.1. The highest BCUT2D eigenvalue weighted by Crippen LogP contribution is 2.13. The third kappa shape index (κ3) is 7.75. The minimum Gasteiger partial charge on any atom is -0.338 e. The molecule has 0 aliphatic carbocycles. The van der Waals surface area contributed by atoms with Crippen LogP contribution < -0.4 is 10.6 Å². The summed E-state index contributed by atoms with van der Waals surface area (Å²) in [5.74, 6) is 0. The van der Waals surface area contributed by atoms with Gasteiger partial charge in [0.1, 0.15) is 0 Å². The van der Waals surface area contributed by atoms with Crippen molar-refractivity contribution >= 4 is 6.03 Å². The van der Waals surface area contributed by atoms with Gasteiger partial charge in [0.05, 0.1) is 0 Å². The third-order valence-electron chi connectivity index (χ3n) is 5.19. The van der Waals surface area contributed by atoms with Gasteiger partial charge in [0, 0.05) is 31.7 Å². The molecule has 0 aromatic heterocycles. The second-order valence-corrected chi connectivity index (χ2v) is 7.74. The maximum atomic E-state index is 12.1. The Morgan fingerprint density at radius 2 is 2.04 bits per heavy atom.